The molecule has 314 valence electrons. The van der Waals surface area contributed by atoms with Gasteiger partial charge in [-0.25, -0.2) is 0 Å². The number of fused-ring (bicyclic) bond motifs is 8. The Morgan fingerprint density at radius 1 is 0.413 bits per heavy atom. The first-order valence-corrected chi connectivity index (χ1v) is 22.5. The molecule has 0 saturated heterocycles. The lowest BCUT2D eigenvalue weighted by Gasteiger charge is -2.27. The Labute approximate surface area is 372 Å². The summed E-state index contributed by atoms with van der Waals surface area (Å²) in [5.74, 6) is 0.181. The fourth-order valence-corrected chi connectivity index (χ4v) is 9.38. The van der Waals surface area contributed by atoms with E-state index in [1.807, 2.05) is 0 Å². The second-order valence-electron chi connectivity index (χ2n) is 20.1. The number of rotatable bonds is 7. The van der Waals surface area contributed by atoms with Crippen molar-refractivity contribution < 1.29 is 8.83 Å². The summed E-state index contributed by atoms with van der Waals surface area (Å²) in [6.07, 6.45) is 0.906. The second-order valence-corrected chi connectivity index (χ2v) is 20.1. The number of nitrogens with zero attached hydrogens (tertiary/aromatic N) is 1. The van der Waals surface area contributed by atoms with E-state index in [1.165, 1.54) is 50.1 Å². The Morgan fingerprint density at radius 3 is 1.57 bits per heavy atom. The molecule has 2 heterocycles. The van der Waals surface area contributed by atoms with Crippen molar-refractivity contribution in [3.8, 4) is 0 Å². The zero-order chi connectivity index (χ0) is 43.9. The van der Waals surface area contributed by atoms with Crippen molar-refractivity contribution in [2.24, 2.45) is 0 Å². The molecular formula is C60H57NO2. The van der Waals surface area contributed by atoms with Crippen LogP contribution in [0.5, 0.6) is 0 Å². The molecule has 10 aromatic rings. The highest BCUT2D eigenvalue weighted by atomic mass is 16.4. The van der Waals surface area contributed by atoms with E-state index >= 15 is 0 Å². The highest BCUT2D eigenvalue weighted by Crippen LogP contribution is 2.43. The van der Waals surface area contributed by atoms with Crippen LogP contribution < -0.4 is 4.90 Å². The predicted molar refractivity (Wildman–Crippen MR) is 268 cm³/mol. The van der Waals surface area contributed by atoms with Crippen molar-refractivity contribution >= 4 is 71.7 Å². The van der Waals surface area contributed by atoms with Crippen LogP contribution in [0.3, 0.4) is 0 Å². The van der Waals surface area contributed by atoms with E-state index in [0.717, 1.165) is 78.1 Å². The van der Waals surface area contributed by atoms with Crippen molar-refractivity contribution in [1.82, 2.24) is 0 Å². The first-order chi connectivity index (χ1) is 30.1. The fraction of sp³-hybridized carbons (Fsp3) is 0.233. The van der Waals surface area contributed by atoms with Gasteiger partial charge in [0.05, 0.1) is 0 Å². The van der Waals surface area contributed by atoms with Gasteiger partial charge in [0.1, 0.15) is 11.2 Å². The number of benzene rings is 8. The second kappa shape index (κ2) is 15.1. The Kier molecular flexibility index (Phi) is 9.67. The molecule has 1 atom stereocenters. The molecule has 0 N–H and O–H groups in total. The summed E-state index contributed by atoms with van der Waals surface area (Å²) in [7, 11) is 0. The Bertz CT molecular complexity index is 3360. The van der Waals surface area contributed by atoms with Gasteiger partial charge in [-0.05, 0) is 179 Å². The summed E-state index contributed by atoms with van der Waals surface area (Å²) < 4.78 is 13.6. The van der Waals surface area contributed by atoms with Crippen LogP contribution in [0.1, 0.15) is 97.5 Å². The summed E-state index contributed by atoms with van der Waals surface area (Å²) in [5, 5.41) is 6.61. The SMILES string of the molecule is Cc1ccc([C@H](Cc2ccc(C(C)(C)C)cc2)c2ccc3oc4c(ccc5c6cc7ccc(N(c8ccc(C(C)(C)C)cc8)c8ccc(C)c(C)c8)cc7cc6oc54)c3c2)cc1C. The first-order valence-electron chi connectivity index (χ1n) is 22.5. The normalized spacial score (nSPS) is 12.9. The Balaban J connectivity index is 1.06. The van der Waals surface area contributed by atoms with Gasteiger partial charge in [-0.15, -0.1) is 0 Å². The molecule has 0 saturated carbocycles. The van der Waals surface area contributed by atoms with Gasteiger partial charge in [0.25, 0.3) is 0 Å². The zero-order valence-electron chi connectivity index (χ0n) is 38.4. The van der Waals surface area contributed by atoms with Gasteiger partial charge in [0.15, 0.2) is 11.2 Å². The number of hydrogen-bond acceptors (Lipinski definition) is 3. The average molecular weight is 824 g/mol. The number of hydrogen-bond donors (Lipinski definition) is 0. The summed E-state index contributed by atoms with van der Waals surface area (Å²) in [6, 6.07) is 54.4. The quantitative estimate of drug-likeness (QED) is 0.160. The maximum Gasteiger partial charge on any atom is 0.178 e. The number of furan rings is 2. The molecule has 8 aromatic carbocycles. The lowest BCUT2D eigenvalue weighted by atomic mass is 9.82. The molecule has 3 nitrogen and oxygen atoms in total. The van der Waals surface area contributed by atoms with Crippen LogP contribution in [0.2, 0.25) is 0 Å². The molecule has 3 heteroatoms. The highest BCUT2D eigenvalue weighted by Gasteiger charge is 2.23. The Morgan fingerprint density at radius 2 is 0.937 bits per heavy atom. The summed E-state index contributed by atoms with van der Waals surface area (Å²) in [6.45, 7) is 22.4. The van der Waals surface area contributed by atoms with Gasteiger partial charge in [0.2, 0.25) is 0 Å². The lowest BCUT2D eigenvalue weighted by molar-refractivity contribution is 0.589. The van der Waals surface area contributed by atoms with Crippen molar-refractivity contribution in [1.29, 1.82) is 0 Å². The standard InChI is InChI=1S/C60H57NO2/c1-36-11-15-42(29-38(36)3)52(31-40-13-18-45(19-14-40)59(5,6)7)43-17-28-55-53(34-43)50-26-27-51-54-33-41-16-23-49(32-44(41)35-56(54)63-58(51)57(50)62-55)61(48-22-12-37(2)39(4)30-48)47-24-20-46(21-25-47)60(8,9)10/h11-30,32-35,52H,31H2,1-10H3/t52-/m0/s1. The Hall–Kier alpha value is -6.58. The van der Waals surface area contributed by atoms with E-state index in [4.69, 9.17) is 8.83 Å². The molecule has 10 rings (SSSR count). The summed E-state index contributed by atoms with van der Waals surface area (Å²) in [5.41, 5.74) is 18.6. The van der Waals surface area contributed by atoms with Gasteiger partial charge >= 0.3 is 0 Å². The molecule has 0 amide bonds. The van der Waals surface area contributed by atoms with Crippen LogP contribution >= 0.6 is 0 Å². The van der Waals surface area contributed by atoms with Crippen LogP contribution in [0, 0.1) is 27.7 Å². The van der Waals surface area contributed by atoms with E-state index in [2.05, 4.69) is 220 Å². The molecule has 0 aliphatic rings. The van der Waals surface area contributed by atoms with E-state index < -0.39 is 0 Å². The predicted octanol–water partition coefficient (Wildman–Crippen LogP) is 17.3. The van der Waals surface area contributed by atoms with Gasteiger partial charge in [-0.2, -0.15) is 0 Å². The minimum atomic E-state index is 0.0748. The van der Waals surface area contributed by atoms with Crippen LogP contribution in [0.25, 0.3) is 54.6 Å². The maximum absolute atomic E-state index is 6.82. The van der Waals surface area contributed by atoms with Gasteiger partial charge in [0, 0.05) is 44.5 Å². The largest absolute Gasteiger partial charge is 0.452 e. The van der Waals surface area contributed by atoms with Gasteiger partial charge in [-0.3, -0.25) is 0 Å². The third-order valence-electron chi connectivity index (χ3n) is 13.6. The monoisotopic (exact) mass is 823 g/mol. The van der Waals surface area contributed by atoms with E-state index in [9.17, 15) is 0 Å². The molecule has 0 aliphatic carbocycles. The van der Waals surface area contributed by atoms with Crippen molar-refractivity contribution in [2.75, 3.05) is 4.90 Å². The zero-order valence-corrected chi connectivity index (χ0v) is 38.4. The summed E-state index contributed by atoms with van der Waals surface area (Å²) >= 11 is 0. The molecule has 0 fully saturated rings. The summed E-state index contributed by atoms with van der Waals surface area (Å²) in [4.78, 5) is 2.36. The molecule has 0 radical (unpaired) electrons. The van der Waals surface area contributed by atoms with E-state index in [0.29, 0.717) is 0 Å². The fourth-order valence-electron chi connectivity index (χ4n) is 9.38. The molecule has 0 aliphatic heterocycles. The van der Waals surface area contributed by atoms with E-state index in [1.54, 1.807) is 0 Å². The maximum atomic E-state index is 6.82. The van der Waals surface area contributed by atoms with Gasteiger partial charge in [-0.1, -0.05) is 114 Å². The van der Waals surface area contributed by atoms with Crippen molar-refractivity contribution in [2.45, 2.75) is 92.4 Å². The smallest absolute Gasteiger partial charge is 0.178 e. The van der Waals surface area contributed by atoms with E-state index in [-0.39, 0.29) is 16.7 Å². The van der Waals surface area contributed by atoms with Crippen LogP contribution in [-0.4, -0.2) is 0 Å². The molecule has 0 spiro atoms. The lowest BCUT2D eigenvalue weighted by Crippen LogP contribution is -2.13. The number of aryl methyl sites for hydroxylation is 4. The molecule has 63 heavy (non-hydrogen) atoms. The van der Waals surface area contributed by atoms with Gasteiger partial charge < -0.3 is 13.7 Å². The molecule has 0 bridgehead atoms. The van der Waals surface area contributed by atoms with Crippen molar-refractivity contribution in [3.05, 3.63) is 196 Å². The van der Waals surface area contributed by atoms with Crippen molar-refractivity contribution in [3.63, 3.8) is 0 Å². The molecule has 0 unspecified atom stereocenters. The first kappa shape index (κ1) is 40.5. The van der Waals surface area contributed by atoms with Crippen LogP contribution in [-0.2, 0) is 17.3 Å². The third-order valence-corrected chi connectivity index (χ3v) is 13.6. The number of anilines is 3. The minimum absolute atomic E-state index is 0.0748. The minimum Gasteiger partial charge on any atom is -0.452 e. The average Bonchev–Trinajstić information content (AvgIpc) is 3.81. The molecular weight excluding hydrogens is 767 g/mol. The molecule has 2 aromatic heterocycles. The van der Waals surface area contributed by atoms with Crippen LogP contribution in [0.4, 0.5) is 17.1 Å². The highest BCUT2D eigenvalue weighted by molar-refractivity contribution is 6.20. The van der Waals surface area contributed by atoms with Crippen LogP contribution in [0.15, 0.2) is 154 Å². The topological polar surface area (TPSA) is 29.5 Å². The third kappa shape index (κ3) is 7.38.